The van der Waals surface area contributed by atoms with Gasteiger partial charge >= 0.3 is 0 Å². The number of aryl methyl sites for hydroxylation is 2. The van der Waals surface area contributed by atoms with E-state index >= 15 is 0 Å². The fourth-order valence-corrected chi connectivity index (χ4v) is 1.98. The van der Waals surface area contributed by atoms with E-state index in [2.05, 4.69) is 31.2 Å². The number of rotatable bonds is 3. The van der Waals surface area contributed by atoms with Gasteiger partial charge in [0.1, 0.15) is 22.1 Å². The van der Waals surface area contributed by atoms with Gasteiger partial charge in [-0.1, -0.05) is 13.0 Å². The van der Waals surface area contributed by atoms with Crippen molar-refractivity contribution in [1.29, 1.82) is 0 Å². The first-order valence-corrected chi connectivity index (χ1v) is 6.44. The van der Waals surface area contributed by atoms with Crippen molar-refractivity contribution in [2.45, 2.75) is 20.3 Å². The van der Waals surface area contributed by atoms with Crippen molar-refractivity contribution < 1.29 is 4.39 Å². The van der Waals surface area contributed by atoms with Crippen LogP contribution in [-0.4, -0.2) is 9.97 Å². The van der Waals surface area contributed by atoms with Crippen LogP contribution in [0.2, 0.25) is 0 Å². The topological polar surface area (TPSA) is 37.8 Å². The molecule has 0 atom stereocenters. The highest BCUT2D eigenvalue weighted by Crippen LogP contribution is 2.22. The summed E-state index contributed by atoms with van der Waals surface area (Å²) in [5.41, 5.74) is 1.67. The molecule has 0 aliphatic heterocycles. The number of anilines is 2. The monoisotopic (exact) mass is 309 g/mol. The van der Waals surface area contributed by atoms with Crippen molar-refractivity contribution >= 4 is 27.4 Å². The molecule has 0 fully saturated rings. The molecule has 3 nitrogen and oxygen atoms in total. The predicted octanol–water partition coefficient (Wildman–Crippen LogP) is 3.99. The third-order valence-electron chi connectivity index (χ3n) is 2.52. The fourth-order valence-electron chi connectivity index (χ4n) is 1.55. The molecule has 0 aliphatic carbocycles. The predicted molar refractivity (Wildman–Crippen MR) is 73.5 cm³/mol. The van der Waals surface area contributed by atoms with Crippen LogP contribution in [0.25, 0.3) is 0 Å². The Labute approximate surface area is 114 Å². The molecule has 0 radical (unpaired) electrons. The van der Waals surface area contributed by atoms with Crippen LogP contribution in [0.15, 0.2) is 28.9 Å². The molecule has 0 saturated carbocycles. The molecule has 0 spiro atoms. The highest BCUT2D eigenvalue weighted by atomic mass is 79.9. The first-order chi connectivity index (χ1) is 8.58. The van der Waals surface area contributed by atoms with Gasteiger partial charge in [0, 0.05) is 18.2 Å². The van der Waals surface area contributed by atoms with Crippen molar-refractivity contribution in [2.24, 2.45) is 0 Å². The van der Waals surface area contributed by atoms with Crippen LogP contribution < -0.4 is 5.32 Å². The van der Waals surface area contributed by atoms with Gasteiger partial charge in [0.2, 0.25) is 0 Å². The maximum absolute atomic E-state index is 13.2. The first kappa shape index (κ1) is 13.0. The van der Waals surface area contributed by atoms with Gasteiger partial charge in [0.25, 0.3) is 0 Å². The van der Waals surface area contributed by atoms with Crippen LogP contribution in [0.3, 0.4) is 0 Å². The summed E-state index contributed by atoms with van der Waals surface area (Å²) in [6, 6.07) is 6.39. The molecular formula is C13H13BrFN3. The fraction of sp³-hybridized carbons (Fsp3) is 0.231. The second-order valence-electron chi connectivity index (χ2n) is 3.93. The van der Waals surface area contributed by atoms with Crippen molar-refractivity contribution in [1.82, 2.24) is 9.97 Å². The lowest BCUT2D eigenvalue weighted by Gasteiger charge is -2.10. The van der Waals surface area contributed by atoms with Gasteiger partial charge in [-0.3, -0.25) is 0 Å². The highest BCUT2D eigenvalue weighted by molar-refractivity contribution is 9.10. The van der Waals surface area contributed by atoms with Crippen molar-refractivity contribution in [3.05, 3.63) is 46.1 Å². The molecule has 0 bridgehead atoms. The minimum absolute atomic E-state index is 0.271. The Balaban J connectivity index is 2.33. The summed E-state index contributed by atoms with van der Waals surface area (Å²) in [6.45, 7) is 3.90. The normalized spacial score (nSPS) is 10.4. The number of hydrogen-bond acceptors (Lipinski definition) is 3. The summed E-state index contributed by atoms with van der Waals surface area (Å²) in [5, 5.41) is 3.11. The molecule has 18 heavy (non-hydrogen) atoms. The summed E-state index contributed by atoms with van der Waals surface area (Å²) >= 11 is 3.33. The number of benzene rings is 1. The molecule has 0 aliphatic rings. The second-order valence-corrected chi connectivity index (χ2v) is 4.74. The number of aromatic nitrogens is 2. The van der Waals surface area contributed by atoms with Gasteiger partial charge in [-0.25, -0.2) is 14.4 Å². The molecule has 1 aromatic carbocycles. The van der Waals surface area contributed by atoms with E-state index in [9.17, 15) is 4.39 Å². The molecule has 5 heteroatoms. The summed E-state index contributed by atoms with van der Waals surface area (Å²) < 4.78 is 13.9. The summed E-state index contributed by atoms with van der Waals surface area (Å²) in [7, 11) is 0. The highest BCUT2D eigenvalue weighted by Gasteiger charge is 2.05. The Kier molecular flexibility index (Phi) is 3.91. The largest absolute Gasteiger partial charge is 0.340 e. The SMILES string of the molecule is CCc1nc(Br)cc(Nc2cc(F)ccc2C)n1. The molecule has 0 saturated heterocycles. The Bertz CT molecular complexity index is 572. The van der Waals surface area contributed by atoms with Crippen LogP contribution in [-0.2, 0) is 6.42 Å². The van der Waals surface area contributed by atoms with Crippen LogP contribution in [0, 0.1) is 12.7 Å². The molecule has 2 rings (SSSR count). The zero-order chi connectivity index (χ0) is 13.1. The molecule has 1 heterocycles. The molecule has 0 unspecified atom stereocenters. The van der Waals surface area contributed by atoms with E-state index in [1.165, 1.54) is 12.1 Å². The number of nitrogens with one attached hydrogen (secondary N) is 1. The van der Waals surface area contributed by atoms with Crippen LogP contribution in [0.4, 0.5) is 15.9 Å². The smallest absolute Gasteiger partial charge is 0.135 e. The molecular weight excluding hydrogens is 297 g/mol. The third kappa shape index (κ3) is 3.04. The third-order valence-corrected chi connectivity index (χ3v) is 2.93. The molecule has 1 N–H and O–H groups in total. The van der Waals surface area contributed by atoms with Gasteiger partial charge in [-0.15, -0.1) is 0 Å². The van der Waals surface area contributed by atoms with E-state index in [4.69, 9.17) is 0 Å². The number of hydrogen-bond donors (Lipinski definition) is 1. The lowest BCUT2D eigenvalue weighted by atomic mass is 10.2. The Morgan fingerprint density at radius 2 is 2.06 bits per heavy atom. The van der Waals surface area contributed by atoms with E-state index in [0.29, 0.717) is 16.1 Å². The standard InChI is InChI=1S/C13H13BrFN3/c1-3-12-17-11(14)7-13(18-12)16-10-6-9(15)5-4-8(10)2/h4-7H,3H2,1-2H3,(H,16,17,18). The van der Waals surface area contributed by atoms with Crippen molar-refractivity contribution in [2.75, 3.05) is 5.32 Å². The zero-order valence-electron chi connectivity index (χ0n) is 10.2. The zero-order valence-corrected chi connectivity index (χ0v) is 11.8. The Morgan fingerprint density at radius 3 is 2.78 bits per heavy atom. The molecule has 2 aromatic rings. The maximum Gasteiger partial charge on any atom is 0.135 e. The maximum atomic E-state index is 13.2. The molecule has 0 amide bonds. The summed E-state index contributed by atoms with van der Waals surface area (Å²) in [6.07, 6.45) is 0.746. The Morgan fingerprint density at radius 1 is 1.28 bits per heavy atom. The minimum atomic E-state index is -0.271. The summed E-state index contributed by atoms with van der Waals surface area (Å²) in [5.74, 6) is 1.12. The number of halogens is 2. The summed E-state index contributed by atoms with van der Waals surface area (Å²) in [4.78, 5) is 8.57. The molecule has 1 aromatic heterocycles. The van der Waals surface area contributed by atoms with Gasteiger partial charge in [0.05, 0.1) is 0 Å². The minimum Gasteiger partial charge on any atom is -0.340 e. The van der Waals surface area contributed by atoms with E-state index in [1.807, 2.05) is 13.8 Å². The van der Waals surface area contributed by atoms with Crippen molar-refractivity contribution in [3.8, 4) is 0 Å². The lowest BCUT2D eigenvalue weighted by Crippen LogP contribution is -2.01. The average Bonchev–Trinajstić information content (AvgIpc) is 2.33. The van der Waals surface area contributed by atoms with Gasteiger partial charge in [-0.05, 0) is 40.5 Å². The van der Waals surface area contributed by atoms with E-state index in [1.54, 1.807) is 12.1 Å². The van der Waals surface area contributed by atoms with Gasteiger partial charge in [0.15, 0.2) is 0 Å². The van der Waals surface area contributed by atoms with E-state index < -0.39 is 0 Å². The molecule has 94 valence electrons. The second kappa shape index (κ2) is 5.44. The van der Waals surface area contributed by atoms with Crippen molar-refractivity contribution in [3.63, 3.8) is 0 Å². The Hall–Kier alpha value is -1.49. The van der Waals surface area contributed by atoms with Crippen LogP contribution in [0.5, 0.6) is 0 Å². The van der Waals surface area contributed by atoms with Gasteiger partial charge < -0.3 is 5.32 Å². The van der Waals surface area contributed by atoms with E-state index in [0.717, 1.165) is 17.8 Å². The lowest BCUT2D eigenvalue weighted by molar-refractivity contribution is 0.628. The number of nitrogens with zero attached hydrogens (tertiary/aromatic N) is 2. The van der Waals surface area contributed by atoms with Crippen LogP contribution in [0.1, 0.15) is 18.3 Å². The van der Waals surface area contributed by atoms with E-state index in [-0.39, 0.29) is 5.82 Å². The average molecular weight is 310 g/mol. The quantitative estimate of drug-likeness (QED) is 0.871. The first-order valence-electron chi connectivity index (χ1n) is 5.65. The van der Waals surface area contributed by atoms with Crippen LogP contribution >= 0.6 is 15.9 Å². The van der Waals surface area contributed by atoms with Gasteiger partial charge in [-0.2, -0.15) is 0 Å².